The van der Waals surface area contributed by atoms with Crippen LogP contribution >= 0.6 is 0 Å². The summed E-state index contributed by atoms with van der Waals surface area (Å²) in [4.78, 5) is 10.5. The maximum Gasteiger partial charge on any atom is 0.330 e. The molecule has 0 radical (unpaired) electrons. The Labute approximate surface area is 85.0 Å². The van der Waals surface area contributed by atoms with Gasteiger partial charge in [-0.1, -0.05) is 6.08 Å². The lowest BCUT2D eigenvalue weighted by Gasteiger charge is -2.27. The van der Waals surface area contributed by atoms with Crippen LogP contribution in [0.3, 0.4) is 0 Å². The molecular weight excluding hydrogens is 182 g/mol. The molecule has 0 saturated carbocycles. The van der Waals surface area contributed by atoms with Gasteiger partial charge in [-0.3, -0.25) is 0 Å². The minimum Gasteiger partial charge on any atom is -0.478 e. The zero-order chi connectivity index (χ0) is 11.2. The highest BCUT2D eigenvalue weighted by Crippen LogP contribution is 2.11. The molecule has 0 heterocycles. The molecule has 0 aromatic heterocycles. The smallest absolute Gasteiger partial charge is 0.330 e. The van der Waals surface area contributed by atoms with E-state index in [0.29, 0.717) is 18.6 Å². The summed E-state index contributed by atoms with van der Waals surface area (Å²) in [6.45, 7) is 4.13. The molecule has 1 atom stereocenters. The van der Waals surface area contributed by atoms with Crippen LogP contribution in [0.15, 0.2) is 11.6 Å². The summed E-state index contributed by atoms with van der Waals surface area (Å²) in [6, 6.07) is 0. The fourth-order valence-corrected chi connectivity index (χ4v) is 1.02. The maximum atomic E-state index is 10.5. The third-order valence-corrected chi connectivity index (χ3v) is 2.26. The SMILES string of the molecule is CNC(C)(CC=C(C)C(=O)O)COC. The number of aliphatic carboxylic acids is 1. The number of likely N-dealkylation sites (N-methyl/N-ethyl adjacent to an activating group) is 1. The fourth-order valence-electron chi connectivity index (χ4n) is 1.02. The highest BCUT2D eigenvalue weighted by Gasteiger charge is 2.20. The van der Waals surface area contributed by atoms with Crippen molar-refractivity contribution in [3.8, 4) is 0 Å². The van der Waals surface area contributed by atoms with Crippen molar-refractivity contribution in [3.05, 3.63) is 11.6 Å². The van der Waals surface area contributed by atoms with E-state index in [4.69, 9.17) is 9.84 Å². The van der Waals surface area contributed by atoms with Crippen molar-refractivity contribution >= 4 is 5.97 Å². The third-order valence-electron chi connectivity index (χ3n) is 2.26. The molecule has 0 aliphatic rings. The predicted octanol–water partition coefficient (Wildman–Crippen LogP) is 1.03. The van der Waals surface area contributed by atoms with E-state index in [-0.39, 0.29) is 5.54 Å². The van der Waals surface area contributed by atoms with Gasteiger partial charge in [0.1, 0.15) is 0 Å². The van der Waals surface area contributed by atoms with Gasteiger partial charge in [-0.15, -0.1) is 0 Å². The second-order valence-electron chi connectivity index (χ2n) is 3.64. The van der Waals surface area contributed by atoms with Crippen LogP contribution in [-0.2, 0) is 9.53 Å². The fraction of sp³-hybridized carbons (Fsp3) is 0.700. The molecule has 0 amide bonds. The molecule has 4 nitrogen and oxygen atoms in total. The summed E-state index contributed by atoms with van der Waals surface area (Å²) in [5, 5.41) is 11.8. The standard InChI is InChI=1S/C10H19NO3/c1-8(9(12)13)5-6-10(2,11-3)7-14-4/h5,11H,6-7H2,1-4H3,(H,12,13). The second kappa shape index (κ2) is 5.78. The molecular formula is C10H19NO3. The van der Waals surface area contributed by atoms with Crippen LogP contribution in [0.5, 0.6) is 0 Å². The number of ether oxygens (including phenoxy) is 1. The Morgan fingerprint density at radius 2 is 2.21 bits per heavy atom. The monoisotopic (exact) mass is 201 g/mol. The van der Waals surface area contributed by atoms with Gasteiger partial charge < -0.3 is 15.2 Å². The molecule has 4 heteroatoms. The molecule has 0 aromatic carbocycles. The van der Waals surface area contributed by atoms with Gasteiger partial charge >= 0.3 is 5.97 Å². The summed E-state index contributed by atoms with van der Waals surface area (Å²) in [7, 11) is 3.46. The van der Waals surface area contributed by atoms with Crippen LogP contribution in [-0.4, -0.2) is 37.4 Å². The number of nitrogens with one attached hydrogen (secondary N) is 1. The number of methoxy groups -OCH3 is 1. The van der Waals surface area contributed by atoms with Gasteiger partial charge in [0.15, 0.2) is 0 Å². The van der Waals surface area contributed by atoms with Gasteiger partial charge in [-0.2, -0.15) is 0 Å². The lowest BCUT2D eigenvalue weighted by atomic mass is 9.98. The second-order valence-corrected chi connectivity index (χ2v) is 3.64. The van der Waals surface area contributed by atoms with E-state index in [9.17, 15) is 4.79 Å². The average molecular weight is 201 g/mol. The molecule has 0 fully saturated rings. The molecule has 0 bridgehead atoms. The molecule has 0 saturated heterocycles. The summed E-state index contributed by atoms with van der Waals surface area (Å²) in [6.07, 6.45) is 2.34. The molecule has 1 unspecified atom stereocenters. The average Bonchev–Trinajstić information content (AvgIpc) is 2.14. The minimum absolute atomic E-state index is 0.203. The Balaban J connectivity index is 4.32. The first kappa shape index (κ1) is 13.1. The number of carbonyl (C=O) groups is 1. The zero-order valence-electron chi connectivity index (χ0n) is 9.26. The minimum atomic E-state index is -0.874. The molecule has 0 aliphatic heterocycles. The van der Waals surface area contributed by atoms with E-state index in [1.807, 2.05) is 14.0 Å². The van der Waals surface area contributed by atoms with Gasteiger partial charge in [-0.25, -0.2) is 4.79 Å². The molecule has 0 spiro atoms. The first-order valence-corrected chi connectivity index (χ1v) is 4.53. The van der Waals surface area contributed by atoms with Crippen molar-refractivity contribution in [2.24, 2.45) is 0 Å². The quantitative estimate of drug-likeness (QED) is 0.630. The van der Waals surface area contributed by atoms with Crippen molar-refractivity contribution in [3.63, 3.8) is 0 Å². The molecule has 0 aromatic rings. The highest BCUT2D eigenvalue weighted by molar-refractivity contribution is 5.85. The van der Waals surface area contributed by atoms with Crippen LogP contribution in [0.4, 0.5) is 0 Å². The first-order chi connectivity index (χ1) is 6.45. The van der Waals surface area contributed by atoms with Crippen LogP contribution in [0.25, 0.3) is 0 Å². The van der Waals surface area contributed by atoms with E-state index in [2.05, 4.69) is 5.32 Å². The highest BCUT2D eigenvalue weighted by atomic mass is 16.5. The van der Waals surface area contributed by atoms with Gasteiger partial charge in [0.2, 0.25) is 0 Å². The van der Waals surface area contributed by atoms with Crippen LogP contribution in [0.2, 0.25) is 0 Å². The summed E-state index contributed by atoms with van der Waals surface area (Å²) < 4.78 is 5.05. The van der Waals surface area contributed by atoms with E-state index in [1.54, 1.807) is 20.1 Å². The maximum absolute atomic E-state index is 10.5. The van der Waals surface area contributed by atoms with Crippen molar-refractivity contribution in [2.45, 2.75) is 25.8 Å². The van der Waals surface area contributed by atoms with E-state index < -0.39 is 5.97 Å². The van der Waals surface area contributed by atoms with Gasteiger partial charge in [-0.05, 0) is 27.3 Å². The summed E-state index contributed by atoms with van der Waals surface area (Å²) >= 11 is 0. The van der Waals surface area contributed by atoms with Crippen LogP contribution < -0.4 is 5.32 Å². The van der Waals surface area contributed by atoms with Gasteiger partial charge in [0.25, 0.3) is 0 Å². The van der Waals surface area contributed by atoms with Crippen molar-refractivity contribution in [1.82, 2.24) is 5.32 Å². The van der Waals surface area contributed by atoms with Crippen molar-refractivity contribution < 1.29 is 14.6 Å². The van der Waals surface area contributed by atoms with E-state index in [1.165, 1.54) is 0 Å². The van der Waals surface area contributed by atoms with Crippen molar-refractivity contribution in [1.29, 1.82) is 0 Å². The molecule has 2 N–H and O–H groups in total. The molecule has 0 rings (SSSR count). The third kappa shape index (κ3) is 4.39. The lowest BCUT2D eigenvalue weighted by molar-refractivity contribution is -0.132. The molecule has 82 valence electrons. The number of carboxylic acids is 1. The lowest BCUT2D eigenvalue weighted by Crippen LogP contribution is -2.43. The Kier molecular flexibility index (Phi) is 5.42. The van der Waals surface area contributed by atoms with Crippen LogP contribution in [0.1, 0.15) is 20.3 Å². The molecule has 0 aliphatic carbocycles. The largest absolute Gasteiger partial charge is 0.478 e. The number of rotatable bonds is 6. The zero-order valence-corrected chi connectivity index (χ0v) is 9.26. The first-order valence-electron chi connectivity index (χ1n) is 4.53. The number of carboxylic acid groups (broad SMARTS) is 1. The Bertz CT molecular complexity index is 225. The topological polar surface area (TPSA) is 58.6 Å². The normalized spacial score (nSPS) is 16.4. The van der Waals surface area contributed by atoms with Gasteiger partial charge in [0, 0.05) is 18.2 Å². The van der Waals surface area contributed by atoms with Crippen molar-refractivity contribution in [2.75, 3.05) is 20.8 Å². The predicted molar refractivity (Wildman–Crippen MR) is 55.4 cm³/mol. The van der Waals surface area contributed by atoms with E-state index in [0.717, 1.165) is 0 Å². The Morgan fingerprint density at radius 3 is 2.57 bits per heavy atom. The molecule has 14 heavy (non-hydrogen) atoms. The summed E-state index contributed by atoms with van der Waals surface area (Å²) in [5.74, 6) is -0.874. The Hall–Kier alpha value is -0.870. The number of hydrogen-bond donors (Lipinski definition) is 2. The van der Waals surface area contributed by atoms with Gasteiger partial charge in [0.05, 0.1) is 6.61 Å². The summed E-state index contributed by atoms with van der Waals surface area (Å²) in [5.41, 5.74) is 0.161. The Morgan fingerprint density at radius 1 is 1.64 bits per heavy atom. The number of hydrogen-bond acceptors (Lipinski definition) is 3. The van der Waals surface area contributed by atoms with E-state index >= 15 is 0 Å². The van der Waals surface area contributed by atoms with Crippen LogP contribution in [0, 0.1) is 0 Å².